The lowest BCUT2D eigenvalue weighted by atomic mass is 9.94. The number of hydrogen-bond acceptors (Lipinski definition) is 8. The Morgan fingerprint density at radius 3 is 2.61 bits per heavy atom. The molecule has 1 N–H and O–H groups in total. The zero-order chi connectivity index (χ0) is 23.8. The van der Waals surface area contributed by atoms with E-state index in [2.05, 4.69) is 36.1 Å². The number of rotatable bonds is 11. The first-order valence-electron chi connectivity index (χ1n) is 10.4. The summed E-state index contributed by atoms with van der Waals surface area (Å²) in [6, 6.07) is 7.29. The number of oxazole rings is 1. The Kier molecular flexibility index (Phi) is 8.94. The number of amides is 1. The molecule has 1 aromatic carbocycles. The number of benzene rings is 1. The quantitative estimate of drug-likeness (QED) is 0.198. The molecule has 2 aromatic heterocycles. The molecule has 176 valence electrons. The predicted molar refractivity (Wildman–Crippen MR) is 131 cm³/mol. The van der Waals surface area contributed by atoms with Crippen LogP contribution < -0.4 is 10.1 Å². The van der Waals surface area contributed by atoms with Crippen LogP contribution in [0.15, 0.2) is 45.3 Å². The standard InChI is InChI=1S/C23H26ClN3O4S2/c1-23(2,3)17-12-25-20(31-17)14-32-21-13-26-22(33-21)27-19(29)11-15-6-8-16(9-7-15)30-10-4-5-18(24)28/h6-9,12-13H,4-5,10-11,14H2,1-3H3,(H,26,27,29). The fourth-order valence-corrected chi connectivity index (χ4v) is 4.57. The van der Waals surface area contributed by atoms with E-state index in [1.165, 1.54) is 11.3 Å². The second-order valence-corrected chi connectivity index (χ2v) is 11.0. The molecule has 0 unspecified atom stereocenters. The Hall–Kier alpha value is -2.36. The Morgan fingerprint density at radius 2 is 1.94 bits per heavy atom. The van der Waals surface area contributed by atoms with Crippen LogP contribution in [-0.4, -0.2) is 27.7 Å². The lowest BCUT2D eigenvalue weighted by Crippen LogP contribution is -2.14. The highest BCUT2D eigenvalue weighted by molar-refractivity contribution is 8.00. The van der Waals surface area contributed by atoms with Crippen molar-refractivity contribution in [2.24, 2.45) is 0 Å². The van der Waals surface area contributed by atoms with E-state index in [1.54, 1.807) is 36.3 Å². The number of thioether (sulfide) groups is 1. The summed E-state index contributed by atoms with van der Waals surface area (Å²) >= 11 is 8.29. The van der Waals surface area contributed by atoms with Crippen molar-refractivity contribution in [2.75, 3.05) is 11.9 Å². The molecule has 0 aliphatic heterocycles. The van der Waals surface area contributed by atoms with Crippen molar-refractivity contribution in [3.05, 3.63) is 53.9 Å². The summed E-state index contributed by atoms with van der Waals surface area (Å²) in [4.78, 5) is 31.7. The van der Waals surface area contributed by atoms with Crippen molar-refractivity contribution in [1.29, 1.82) is 0 Å². The van der Waals surface area contributed by atoms with Crippen LogP contribution in [0.5, 0.6) is 5.75 Å². The molecule has 3 aromatic rings. The van der Waals surface area contributed by atoms with E-state index in [0.717, 1.165) is 15.5 Å². The molecule has 0 radical (unpaired) electrons. The van der Waals surface area contributed by atoms with Gasteiger partial charge in [0.25, 0.3) is 0 Å². The summed E-state index contributed by atoms with van der Waals surface area (Å²) in [7, 11) is 0. The first-order valence-corrected chi connectivity index (χ1v) is 12.6. The molecule has 0 bridgehead atoms. The number of thiazole rings is 1. The molecule has 0 atom stereocenters. The summed E-state index contributed by atoms with van der Waals surface area (Å²) in [6.45, 7) is 6.66. The molecule has 10 heteroatoms. The molecule has 0 saturated heterocycles. The summed E-state index contributed by atoms with van der Waals surface area (Å²) < 4.78 is 12.3. The van der Waals surface area contributed by atoms with Crippen LogP contribution in [-0.2, 0) is 27.2 Å². The van der Waals surface area contributed by atoms with Crippen molar-refractivity contribution in [2.45, 2.75) is 55.4 Å². The topological polar surface area (TPSA) is 94.3 Å². The van der Waals surface area contributed by atoms with Gasteiger partial charge in [0, 0.05) is 11.8 Å². The molecule has 0 aliphatic rings. The van der Waals surface area contributed by atoms with Crippen molar-refractivity contribution in [3.63, 3.8) is 0 Å². The van der Waals surface area contributed by atoms with Crippen LogP contribution in [0.3, 0.4) is 0 Å². The van der Waals surface area contributed by atoms with Gasteiger partial charge in [-0.05, 0) is 35.7 Å². The summed E-state index contributed by atoms with van der Waals surface area (Å²) in [5.74, 6) is 2.67. The van der Waals surface area contributed by atoms with Gasteiger partial charge in [-0.15, -0.1) is 11.8 Å². The Morgan fingerprint density at radius 1 is 1.18 bits per heavy atom. The number of anilines is 1. The maximum Gasteiger partial charge on any atom is 0.230 e. The third kappa shape index (κ3) is 8.49. The SMILES string of the molecule is CC(C)(C)c1cnc(CSc2cnc(NC(=O)Cc3ccc(OCCCC(=O)Cl)cc3)s2)o1. The Labute approximate surface area is 206 Å². The average Bonchev–Trinajstić information content (AvgIpc) is 3.40. The number of nitrogens with zero attached hydrogens (tertiary/aromatic N) is 2. The second-order valence-electron chi connectivity index (χ2n) is 8.32. The summed E-state index contributed by atoms with van der Waals surface area (Å²) in [5, 5.41) is 3.03. The lowest BCUT2D eigenvalue weighted by molar-refractivity contribution is -0.115. The largest absolute Gasteiger partial charge is 0.494 e. The number of hydrogen-bond donors (Lipinski definition) is 1. The molecular formula is C23H26ClN3O4S2. The Balaban J connectivity index is 1.43. The number of halogens is 1. The minimum absolute atomic E-state index is 0.0723. The van der Waals surface area contributed by atoms with Gasteiger partial charge in [-0.25, -0.2) is 9.97 Å². The van der Waals surface area contributed by atoms with Gasteiger partial charge < -0.3 is 14.5 Å². The van der Waals surface area contributed by atoms with Gasteiger partial charge >= 0.3 is 0 Å². The molecule has 7 nitrogen and oxygen atoms in total. The van der Waals surface area contributed by atoms with Crippen LogP contribution in [0.4, 0.5) is 5.13 Å². The third-order valence-corrected chi connectivity index (χ3v) is 6.72. The van der Waals surface area contributed by atoms with Crippen LogP contribution in [0.2, 0.25) is 0 Å². The third-order valence-electron chi connectivity index (χ3n) is 4.44. The second kappa shape index (κ2) is 11.7. The van der Waals surface area contributed by atoms with E-state index in [9.17, 15) is 9.59 Å². The predicted octanol–water partition coefficient (Wildman–Crippen LogP) is 5.83. The van der Waals surface area contributed by atoms with Gasteiger partial charge in [-0.1, -0.05) is 44.2 Å². The maximum absolute atomic E-state index is 12.4. The highest BCUT2D eigenvalue weighted by atomic mass is 35.5. The van der Waals surface area contributed by atoms with Crippen molar-refractivity contribution in [3.8, 4) is 5.75 Å². The van der Waals surface area contributed by atoms with Crippen LogP contribution in [0.25, 0.3) is 0 Å². The van der Waals surface area contributed by atoms with Gasteiger partial charge in [0.15, 0.2) is 5.13 Å². The Bertz CT molecular complexity index is 1070. The number of carbonyl (C=O) groups is 2. The summed E-state index contributed by atoms with van der Waals surface area (Å²) in [5.41, 5.74) is 0.789. The highest BCUT2D eigenvalue weighted by Crippen LogP contribution is 2.31. The lowest BCUT2D eigenvalue weighted by Gasteiger charge is -2.12. The van der Waals surface area contributed by atoms with Crippen LogP contribution in [0, 0.1) is 0 Å². The molecule has 0 fully saturated rings. The van der Waals surface area contributed by atoms with E-state index in [-0.39, 0.29) is 29.4 Å². The highest BCUT2D eigenvalue weighted by Gasteiger charge is 2.19. The monoisotopic (exact) mass is 507 g/mol. The number of ether oxygens (including phenoxy) is 1. The zero-order valence-corrected chi connectivity index (χ0v) is 21.1. The van der Waals surface area contributed by atoms with Gasteiger partial charge in [0.2, 0.25) is 17.0 Å². The molecular weight excluding hydrogens is 482 g/mol. The van der Waals surface area contributed by atoms with E-state index >= 15 is 0 Å². The van der Waals surface area contributed by atoms with Crippen molar-refractivity contribution < 1.29 is 18.7 Å². The fraction of sp³-hybridized carbons (Fsp3) is 0.391. The number of carbonyl (C=O) groups excluding carboxylic acids is 2. The molecule has 0 spiro atoms. The van der Waals surface area contributed by atoms with Gasteiger partial charge in [-0.2, -0.15) is 0 Å². The van der Waals surface area contributed by atoms with E-state index < -0.39 is 0 Å². The molecule has 0 aliphatic carbocycles. The average molecular weight is 508 g/mol. The molecule has 3 rings (SSSR count). The zero-order valence-electron chi connectivity index (χ0n) is 18.7. The number of aromatic nitrogens is 2. The van der Waals surface area contributed by atoms with Gasteiger partial charge in [0.1, 0.15) is 11.5 Å². The van der Waals surface area contributed by atoms with E-state index in [0.29, 0.717) is 35.6 Å². The molecule has 1 amide bonds. The van der Waals surface area contributed by atoms with Crippen LogP contribution in [0.1, 0.15) is 50.8 Å². The minimum Gasteiger partial charge on any atom is -0.494 e. The van der Waals surface area contributed by atoms with E-state index in [4.69, 9.17) is 20.8 Å². The van der Waals surface area contributed by atoms with Crippen molar-refractivity contribution >= 4 is 51.0 Å². The van der Waals surface area contributed by atoms with Crippen LogP contribution >= 0.6 is 34.7 Å². The molecule has 0 saturated carbocycles. The molecule has 2 heterocycles. The molecule has 33 heavy (non-hydrogen) atoms. The maximum atomic E-state index is 12.4. The minimum atomic E-state index is -0.366. The normalized spacial score (nSPS) is 11.4. The summed E-state index contributed by atoms with van der Waals surface area (Å²) in [6.07, 6.45) is 4.60. The van der Waals surface area contributed by atoms with Gasteiger partial charge in [-0.3, -0.25) is 9.59 Å². The smallest absolute Gasteiger partial charge is 0.230 e. The van der Waals surface area contributed by atoms with E-state index in [1.807, 2.05) is 12.1 Å². The van der Waals surface area contributed by atoms with Gasteiger partial charge in [0.05, 0.1) is 35.4 Å². The number of nitrogens with one attached hydrogen (secondary N) is 1. The van der Waals surface area contributed by atoms with Crippen molar-refractivity contribution in [1.82, 2.24) is 9.97 Å². The first-order chi connectivity index (χ1) is 15.7. The first kappa shape index (κ1) is 25.3. The fourth-order valence-electron chi connectivity index (χ4n) is 2.69.